The van der Waals surface area contributed by atoms with Gasteiger partial charge in [-0.1, -0.05) is 12.8 Å². The summed E-state index contributed by atoms with van der Waals surface area (Å²) in [6, 6.07) is 5.05. The Morgan fingerprint density at radius 2 is 2.16 bits per heavy atom. The highest BCUT2D eigenvalue weighted by Crippen LogP contribution is 2.26. The highest BCUT2D eigenvalue weighted by Gasteiger charge is 2.25. The van der Waals surface area contributed by atoms with Crippen LogP contribution in [-0.4, -0.2) is 35.6 Å². The maximum atomic E-state index is 12.5. The monoisotopic (exact) mass is 263 g/mol. The van der Waals surface area contributed by atoms with Gasteiger partial charge in [-0.15, -0.1) is 0 Å². The summed E-state index contributed by atoms with van der Waals surface area (Å²) >= 11 is 0. The van der Waals surface area contributed by atoms with E-state index in [2.05, 4.69) is 6.92 Å². The minimum Gasteiger partial charge on any atom is -0.507 e. The van der Waals surface area contributed by atoms with Gasteiger partial charge in [-0.05, 0) is 31.9 Å². The van der Waals surface area contributed by atoms with Gasteiger partial charge in [0.1, 0.15) is 11.5 Å². The lowest BCUT2D eigenvalue weighted by Gasteiger charge is -2.27. The largest absolute Gasteiger partial charge is 0.507 e. The van der Waals surface area contributed by atoms with Crippen LogP contribution in [-0.2, 0) is 0 Å². The Bertz CT molecular complexity index is 459. The fourth-order valence-electron chi connectivity index (χ4n) is 2.55. The number of amides is 1. The van der Waals surface area contributed by atoms with Crippen molar-refractivity contribution >= 4 is 5.91 Å². The Morgan fingerprint density at radius 3 is 2.84 bits per heavy atom. The van der Waals surface area contributed by atoms with Crippen molar-refractivity contribution < 1.29 is 14.6 Å². The summed E-state index contributed by atoms with van der Waals surface area (Å²) in [6.45, 7) is 2.84. The molecular weight excluding hydrogens is 242 g/mol. The van der Waals surface area contributed by atoms with Crippen molar-refractivity contribution in [3.8, 4) is 11.5 Å². The predicted octanol–water partition coefficient (Wildman–Crippen LogP) is 2.81. The first-order chi connectivity index (χ1) is 9.13. The number of hydrogen-bond acceptors (Lipinski definition) is 3. The van der Waals surface area contributed by atoms with Crippen LogP contribution in [0.4, 0.5) is 0 Å². The van der Waals surface area contributed by atoms with E-state index < -0.39 is 0 Å². The zero-order chi connectivity index (χ0) is 13.8. The number of aromatic hydroxyl groups is 1. The molecule has 1 heterocycles. The Hall–Kier alpha value is -1.71. The number of nitrogens with zero attached hydrogens (tertiary/aromatic N) is 1. The highest BCUT2D eigenvalue weighted by molar-refractivity contribution is 5.97. The highest BCUT2D eigenvalue weighted by atomic mass is 16.5. The lowest BCUT2D eigenvalue weighted by Crippen LogP contribution is -2.38. The number of methoxy groups -OCH3 is 1. The molecule has 0 aromatic heterocycles. The molecule has 0 spiro atoms. The molecule has 0 radical (unpaired) electrons. The lowest BCUT2D eigenvalue weighted by molar-refractivity contribution is 0.0695. The number of phenolic OH excluding ortho intramolecular Hbond substituents is 1. The Morgan fingerprint density at radius 1 is 1.37 bits per heavy atom. The second kappa shape index (κ2) is 5.95. The van der Waals surface area contributed by atoms with Gasteiger partial charge in [0.2, 0.25) is 0 Å². The third kappa shape index (κ3) is 3.00. The molecule has 0 saturated carbocycles. The van der Waals surface area contributed by atoms with Crippen molar-refractivity contribution in [2.45, 2.75) is 38.6 Å². The van der Waals surface area contributed by atoms with E-state index in [1.165, 1.54) is 26.0 Å². The second-order valence-corrected chi connectivity index (χ2v) is 5.08. The molecule has 1 aromatic carbocycles. The van der Waals surface area contributed by atoms with Crippen LogP contribution in [0.15, 0.2) is 18.2 Å². The van der Waals surface area contributed by atoms with Crippen LogP contribution in [0, 0.1) is 0 Å². The van der Waals surface area contributed by atoms with Crippen molar-refractivity contribution in [1.29, 1.82) is 0 Å². The second-order valence-electron chi connectivity index (χ2n) is 5.08. The molecule has 1 saturated heterocycles. The molecule has 1 unspecified atom stereocenters. The maximum Gasteiger partial charge on any atom is 0.257 e. The summed E-state index contributed by atoms with van der Waals surface area (Å²) in [5, 5.41) is 9.95. The summed E-state index contributed by atoms with van der Waals surface area (Å²) in [5.74, 6) is 0.452. The molecule has 1 aliphatic heterocycles. The standard InChI is InChI=1S/C15H21NO3/c1-11-6-4-3-5-9-16(11)15(18)13-8-7-12(19-2)10-14(13)17/h7-8,10-11,17H,3-6,9H2,1-2H3. The SMILES string of the molecule is COc1ccc(C(=O)N2CCCCCC2C)c(O)c1. The minimum atomic E-state index is -0.0884. The van der Waals surface area contributed by atoms with Crippen molar-refractivity contribution in [3.05, 3.63) is 23.8 Å². The number of carbonyl (C=O) groups is 1. The van der Waals surface area contributed by atoms with Gasteiger partial charge < -0.3 is 14.7 Å². The zero-order valence-electron chi connectivity index (χ0n) is 11.6. The van der Waals surface area contributed by atoms with Crippen molar-refractivity contribution in [1.82, 2.24) is 4.90 Å². The summed E-state index contributed by atoms with van der Waals surface area (Å²) in [6.07, 6.45) is 4.40. The average molecular weight is 263 g/mol. The third-order valence-electron chi connectivity index (χ3n) is 3.75. The molecular formula is C15H21NO3. The molecule has 0 aliphatic carbocycles. The number of rotatable bonds is 2. The molecule has 104 valence electrons. The van der Waals surface area contributed by atoms with Crippen LogP contribution >= 0.6 is 0 Å². The fraction of sp³-hybridized carbons (Fsp3) is 0.533. The van der Waals surface area contributed by atoms with E-state index in [1.807, 2.05) is 4.90 Å². The van der Waals surface area contributed by atoms with E-state index >= 15 is 0 Å². The Kier molecular flexibility index (Phi) is 4.30. The molecule has 1 aromatic rings. The van der Waals surface area contributed by atoms with Crippen LogP contribution in [0.3, 0.4) is 0 Å². The van der Waals surface area contributed by atoms with E-state index in [-0.39, 0.29) is 17.7 Å². The van der Waals surface area contributed by atoms with Gasteiger partial charge in [0.15, 0.2) is 0 Å². The first kappa shape index (κ1) is 13.7. The van der Waals surface area contributed by atoms with Crippen LogP contribution in [0.1, 0.15) is 43.0 Å². The molecule has 2 rings (SSSR count). The van der Waals surface area contributed by atoms with E-state index in [9.17, 15) is 9.90 Å². The fourth-order valence-corrected chi connectivity index (χ4v) is 2.55. The number of benzene rings is 1. The van der Waals surface area contributed by atoms with Crippen LogP contribution in [0.25, 0.3) is 0 Å². The number of phenols is 1. The molecule has 0 bridgehead atoms. The summed E-state index contributed by atoms with van der Waals surface area (Å²) in [5.41, 5.74) is 0.356. The van der Waals surface area contributed by atoms with E-state index in [4.69, 9.17) is 4.74 Å². The maximum absolute atomic E-state index is 12.5. The molecule has 4 heteroatoms. The van der Waals surface area contributed by atoms with Crippen LogP contribution < -0.4 is 4.74 Å². The predicted molar refractivity (Wildman–Crippen MR) is 73.6 cm³/mol. The van der Waals surface area contributed by atoms with E-state index in [1.54, 1.807) is 12.1 Å². The topological polar surface area (TPSA) is 49.8 Å². The molecule has 1 amide bonds. The van der Waals surface area contributed by atoms with Crippen LogP contribution in [0.5, 0.6) is 11.5 Å². The first-order valence-electron chi connectivity index (χ1n) is 6.81. The Labute approximate surface area is 114 Å². The molecule has 1 atom stereocenters. The molecule has 19 heavy (non-hydrogen) atoms. The Balaban J connectivity index is 2.22. The smallest absolute Gasteiger partial charge is 0.257 e. The number of carbonyl (C=O) groups excluding carboxylic acids is 1. The average Bonchev–Trinajstić information content (AvgIpc) is 2.62. The summed E-state index contributed by atoms with van der Waals surface area (Å²) < 4.78 is 5.03. The van der Waals surface area contributed by atoms with Crippen molar-refractivity contribution in [3.63, 3.8) is 0 Å². The van der Waals surface area contributed by atoms with Gasteiger partial charge in [-0.25, -0.2) is 0 Å². The van der Waals surface area contributed by atoms with Crippen molar-refractivity contribution in [2.24, 2.45) is 0 Å². The lowest BCUT2D eigenvalue weighted by atomic mass is 10.1. The van der Waals surface area contributed by atoms with E-state index in [0.717, 1.165) is 19.4 Å². The first-order valence-corrected chi connectivity index (χ1v) is 6.81. The normalized spacial score (nSPS) is 19.9. The summed E-state index contributed by atoms with van der Waals surface area (Å²) in [7, 11) is 1.53. The van der Waals surface area contributed by atoms with Gasteiger partial charge in [0.05, 0.1) is 12.7 Å². The molecule has 1 aliphatic rings. The number of hydrogen-bond donors (Lipinski definition) is 1. The molecule has 1 fully saturated rings. The van der Waals surface area contributed by atoms with Crippen LogP contribution in [0.2, 0.25) is 0 Å². The van der Waals surface area contributed by atoms with Crippen molar-refractivity contribution in [2.75, 3.05) is 13.7 Å². The third-order valence-corrected chi connectivity index (χ3v) is 3.75. The molecule has 4 nitrogen and oxygen atoms in total. The number of likely N-dealkylation sites (tertiary alicyclic amines) is 1. The van der Waals surface area contributed by atoms with Gasteiger partial charge in [0, 0.05) is 18.7 Å². The number of ether oxygens (including phenoxy) is 1. The van der Waals surface area contributed by atoms with Gasteiger partial charge in [-0.2, -0.15) is 0 Å². The van der Waals surface area contributed by atoms with E-state index in [0.29, 0.717) is 11.3 Å². The molecule has 1 N–H and O–H groups in total. The van der Waals surface area contributed by atoms with Gasteiger partial charge in [0.25, 0.3) is 5.91 Å². The van der Waals surface area contributed by atoms with Gasteiger partial charge in [-0.3, -0.25) is 4.79 Å². The zero-order valence-corrected chi connectivity index (χ0v) is 11.6. The van der Waals surface area contributed by atoms with Gasteiger partial charge >= 0.3 is 0 Å². The minimum absolute atomic E-state index is 0.0132. The summed E-state index contributed by atoms with van der Waals surface area (Å²) in [4.78, 5) is 14.4. The quantitative estimate of drug-likeness (QED) is 0.892.